The smallest absolute Gasteiger partial charge is 0.138 e. The topological polar surface area (TPSA) is 46.2 Å². The second-order valence-corrected chi connectivity index (χ2v) is 4.67. The molecule has 4 heteroatoms. The predicted octanol–water partition coefficient (Wildman–Crippen LogP) is 2.27. The number of benzene rings is 1. The summed E-state index contributed by atoms with van der Waals surface area (Å²) < 4.78 is 13.3. The first-order valence-corrected chi connectivity index (χ1v) is 5.28. The van der Waals surface area contributed by atoms with Gasteiger partial charge in [0, 0.05) is 15.8 Å². The first-order chi connectivity index (χ1) is 6.50. The maximum Gasteiger partial charge on any atom is 0.138 e. The Bertz CT molecular complexity index is 317. The van der Waals surface area contributed by atoms with Crippen LogP contribution in [0.25, 0.3) is 0 Å². The predicted molar refractivity (Wildman–Crippen MR) is 57.8 cm³/mol. The van der Waals surface area contributed by atoms with Gasteiger partial charge in [-0.25, -0.2) is 4.39 Å². The minimum absolute atomic E-state index is 0.0341. The number of rotatable bonds is 3. The first-order valence-electron chi connectivity index (χ1n) is 4.40. The van der Waals surface area contributed by atoms with Crippen LogP contribution in [0, 0.1) is 5.82 Å². The van der Waals surface area contributed by atoms with E-state index in [0.717, 1.165) is 0 Å². The van der Waals surface area contributed by atoms with E-state index in [9.17, 15) is 9.50 Å². The molecule has 0 spiro atoms. The largest absolute Gasteiger partial charge is 0.399 e. The van der Waals surface area contributed by atoms with Crippen molar-refractivity contribution < 1.29 is 9.50 Å². The number of hydrogen-bond donors (Lipinski definition) is 2. The fourth-order valence-electron chi connectivity index (χ4n) is 0.911. The maximum atomic E-state index is 13.3. The number of halogens is 1. The Balaban J connectivity index is 2.77. The second-order valence-electron chi connectivity index (χ2n) is 3.25. The highest BCUT2D eigenvalue weighted by atomic mass is 32.2. The molecular formula is C10H14FNOS. The average Bonchev–Trinajstić information content (AvgIpc) is 2.09. The molecule has 0 aliphatic rings. The molecule has 2 atom stereocenters. The van der Waals surface area contributed by atoms with Crippen LogP contribution in [-0.4, -0.2) is 16.5 Å². The molecule has 1 rings (SSSR count). The van der Waals surface area contributed by atoms with Crippen LogP contribution in [0.5, 0.6) is 0 Å². The fourth-order valence-corrected chi connectivity index (χ4v) is 1.83. The SMILES string of the molecule is CC(O)C(C)Sc1ccc(N)cc1F. The zero-order valence-electron chi connectivity index (χ0n) is 8.20. The summed E-state index contributed by atoms with van der Waals surface area (Å²) in [5.41, 5.74) is 5.83. The highest BCUT2D eigenvalue weighted by molar-refractivity contribution is 8.00. The molecule has 3 N–H and O–H groups in total. The van der Waals surface area contributed by atoms with E-state index in [1.807, 2.05) is 6.92 Å². The molecule has 2 nitrogen and oxygen atoms in total. The Hall–Kier alpha value is -0.740. The monoisotopic (exact) mass is 215 g/mol. The molecule has 0 radical (unpaired) electrons. The van der Waals surface area contributed by atoms with E-state index >= 15 is 0 Å². The summed E-state index contributed by atoms with van der Waals surface area (Å²) in [4.78, 5) is 0.521. The summed E-state index contributed by atoms with van der Waals surface area (Å²) in [6.45, 7) is 3.54. The number of aliphatic hydroxyl groups excluding tert-OH is 1. The van der Waals surface area contributed by atoms with Crippen molar-refractivity contribution in [3.05, 3.63) is 24.0 Å². The van der Waals surface area contributed by atoms with E-state index in [0.29, 0.717) is 10.6 Å². The Morgan fingerprint density at radius 2 is 2.07 bits per heavy atom. The zero-order chi connectivity index (χ0) is 10.7. The molecule has 14 heavy (non-hydrogen) atoms. The lowest BCUT2D eigenvalue weighted by Crippen LogP contribution is -2.15. The molecule has 2 unspecified atom stereocenters. The van der Waals surface area contributed by atoms with Crippen LogP contribution in [-0.2, 0) is 0 Å². The van der Waals surface area contributed by atoms with Crippen molar-refractivity contribution in [2.24, 2.45) is 0 Å². The number of aliphatic hydroxyl groups is 1. The molecule has 0 aliphatic heterocycles. The summed E-state index contributed by atoms with van der Waals surface area (Å²) in [5.74, 6) is -0.331. The van der Waals surface area contributed by atoms with Gasteiger partial charge in [-0.15, -0.1) is 11.8 Å². The van der Waals surface area contributed by atoms with Gasteiger partial charge in [-0.1, -0.05) is 6.92 Å². The van der Waals surface area contributed by atoms with Crippen molar-refractivity contribution in [2.75, 3.05) is 5.73 Å². The van der Waals surface area contributed by atoms with Gasteiger partial charge in [0.15, 0.2) is 0 Å². The third kappa shape index (κ3) is 2.89. The van der Waals surface area contributed by atoms with Crippen LogP contribution in [0.15, 0.2) is 23.1 Å². The van der Waals surface area contributed by atoms with Crippen molar-refractivity contribution in [1.82, 2.24) is 0 Å². The maximum absolute atomic E-state index is 13.3. The number of nitrogens with two attached hydrogens (primary N) is 1. The summed E-state index contributed by atoms with van der Waals surface area (Å²) in [7, 11) is 0. The number of nitrogen functional groups attached to an aromatic ring is 1. The minimum Gasteiger partial charge on any atom is -0.399 e. The van der Waals surface area contributed by atoms with Crippen molar-refractivity contribution in [2.45, 2.75) is 30.1 Å². The van der Waals surface area contributed by atoms with Gasteiger partial charge in [-0.3, -0.25) is 0 Å². The lowest BCUT2D eigenvalue weighted by Gasteiger charge is -2.14. The summed E-state index contributed by atoms with van der Waals surface area (Å²) in [5, 5.41) is 9.23. The quantitative estimate of drug-likeness (QED) is 0.600. The summed E-state index contributed by atoms with van der Waals surface area (Å²) in [6.07, 6.45) is -0.461. The summed E-state index contributed by atoms with van der Waals surface area (Å²) in [6, 6.07) is 4.57. The lowest BCUT2D eigenvalue weighted by molar-refractivity contribution is 0.196. The van der Waals surface area contributed by atoms with E-state index in [-0.39, 0.29) is 11.1 Å². The third-order valence-electron chi connectivity index (χ3n) is 1.95. The Morgan fingerprint density at radius 3 is 2.57 bits per heavy atom. The van der Waals surface area contributed by atoms with Crippen LogP contribution in [0.4, 0.5) is 10.1 Å². The second kappa shape index (κ2) is 4.66. The standard InChI is InChI=1S/C10H14FNOS/c1-6(13)7(2)14-10-4-3-8(12)5-9(10)11/h3-7,13H,12H2,1-2H3. The molecule has 0 aliphatic carbocycles. The van der Waals surface area contributed by atoms with Crippen LogP contribution < -0.4 is 5.73 Å². The molecule has 1 aromatic carbocycles. The third-order valence-corrected chi connectivity index (χ3v) is 3.30. The van der Waals surface area contributed by atoms with Crippen LogP contribution in [0.2, 0.25) is 0 Å². The Labute approximate surface area is 87.3 Å². The van der Waals surface area contributed by atoms with Crippen LogP contribution in [0.3, 0.4) is 0 Å². The summed E-state index contributed by atoms with van der Waals surface area (Å²) >= 11 is 1.31. The molecule has 0 aromatic heterocycles. The lowest BCUT2D eigenvalue weighted by atomic mass is 10.3. The highest BCUT2D eigenvalue weighted by Crippen LogP contribution is 2.28. The van der Waals surface area contributed by atoms with E-state index in [2.05, 4.69) is 0 Å². The van der Waals surface area contributed by atoms with Gasteiger partial charge in [-0.05, 0) is 25.1 Å². The number of anilines is 1. The molecule has 0 heterocycles. The van der Waals surface area contributed by atoms with Gasteiger partial charge in [0.1, 0.15) is 5.82 Å². The molecule has 0 saturated carbocycles. The van der Waals surface area contributed by atoms with Gasteiger partial charge in [0.2, 0.25) is 0 Å². The number of thioether (sulfide) groups is 1. The molecule has 78 valence electrons. The minimum atomic E-state index is -0.461. The van der Waals surface area contributed by atoms with Crippen LogP contribution in [0.1, 0.15) is 13.8 Å². The molecule has 0 amide bonds. The molecular weight excluding hydrogens is 201 g/mol. The van der Waals surface area contributed by atoms with E-state index in [4.69, 9.17) is 5.73 Å². The van der Waals surface area contributed by atoms with E-state index in [1.165, 1.54) is 17.8 Å². The zero-order valence-corrected chi connectivity index (χ0v) is 9.01. The first kappa shape index (κ1) is 11.3. The van der Waals surface area contributed by atoms with Crippen LogP contribution >= 0.6 is 11.8 Å². The van der Waals surface area contributed by atoms with Crippen molar-refractivity contribution in [3.8, 4) is 0 Å². The van der Waals surface area contributed by atoms with Crippen molar-refractivity contribution >= 4 is 17.4 Å². The molecule has 0 saturated heterocycles. The van der Waals surface area contributed by atoms with Gasteiger partial charge in [0.25, 0.3) is 0 Å². The van der Waals surface area contributed by atoms with Crippen molar-refractivity contribution in [3.63, 3.8) is 0 Å². The van der Waals surface area contributed by atoms with Gasteiger partial charge in [0.05, 0.1) is 6.10 Å². The number of hydrogen-bond acceptors (Lipinski definition) is 3. The Kier molecular flexibility index (Phi) is 3.77. The fraction of sp³-hybridized carbons (Fsp3) is 0.400. The Morgan fingerprint density at radius 1 is 1.43 bits per heavy atom. The van der Waals surface area contributed by atoms with E-state index in [1.54, 1.807) is 19.1 Å². The average molecular weight is 215 g/mol. The van der Waals surface area contributed by atoms with Crippen molar-refractivity contribution in [1.29, 1.82) is 0 Å². The van der Waals surface area contributed by atoms with Gasteiger partial charge < -0.3 is 10.8 Å². The molecule has 0 fully saturated rings. The van der Waals surface area contributed by atoms with E-state index < -0.39 is 6.10 Å². The van der Waals surface area contributed by atoms with Gasteiger partial charge in [-0.2, -0.15) is 0 Å². The molecule has 0 bridgehead atoms. The highest BCUT2D eigenvalue weighted by Gasteiger charge is 2.12. The molecule has 1 aromatic rings. The van der Waals surface area contributed by atoms with Gasteiger partial charge >= 0.3 is 0 Å². The normalized spacial score (nSPS) is 15.1.